The van der Waals surface area contributed by atoms with Crippen molar-refractivity contribution in [3.63, 3.8) is 0 Å². The minimum Gasteiger partial charge on any atom is -0.350 e. The quantitative estimate of drug-likeness (QED) is 0.853. The first-order valence-corrected chi connectivity index (χ1v) is 10.0. The van der Waals surface area contributed by atoms with Crippen LogP contribution >= 0.6 is 0 Å². The van der Waals surface area contributed by atoms with E-state index in [1.165, 1.54) is 10.6 Å². The number of hydrogen-bond donors (Lipinski definition) is 0. The van der Waals surface area contributed by atoms with Gasteiger partial charge in [0.1, 0.15) is 11.6 Å². The van der Waals surface area contributed by atoms with Crippen LogP contribution in [0.1, 0.15) is 30.1 Å². The van der Waals surface area contributed by atoms with Gasteiger partial charge in [-0.25, -0.2) is 18.4 Å². The van der Waals surface area contributed by atoms with Crippen LogP contribution in [0.2, 0.25) is 0 Å². The van der Waals surface area contributed by atoms with E-state index in [0.717, 1.165) is 35.7 Å². The molecule has 2 aromatic rings. The average molecular weight is 344 g/mol. The molecule has 1 aromatic carbocycles. The number of anilines is 2. The molecule has 7 heteroatoms. The topological polar surface area (TPSA) is 66.4 Å². The van der Waals surface area contributed by atoms with Crippen molar-refractivity contribution in [2.45, 2.75) is 25.3 Å². The van der Waals surface area contributed by atoms with Crippen LogP contribution < -0.4 is 9.21 Å². The molecule has 0 bridgehead atoms. The highest BCUT2D eigenvalue weighted by Gasteiger charge is 2.29. The Morgan fingerprint density at radius 3 is 2.67 bits per heavy atom. The van der Waals surface area contributed by atoms with Crippen molar-refractivity contribution in [3.8, 4) is 0 Å². The van der Waals surface area contributed by atoms with Crippen LogP contribution in [-0.2, 0) is 16.6 Å². The van der Waals surface area contributed by atoms with Crippen LogP contribution in [0.15, 0.2) is 36.5 Å². The Kier molecular flexibility index (Phi) is 3.68. The van der Waals surface area contributed by atoms with Gasteiger partial charge in [-0.1, -0.05) is 18.2 Å². The molecule has 0 N–H and O–H groups in total. The van der Waals surface area contributed by atoms with Crippen molar-refractivity contribution < 1.29 is 8.42 Å². The van der Waals surface area contributed by atoms with E-state index >= 15 is 0 Å². The van der Waals surface area contributed by atoms with Crippen molar-refractivity contribution in [2.75, 3.05) is 28.6 Å². The Hall–Kier alpha value is -2.15. The number of aromatic nitrogens is 2. The average Bonchev–Trinajstić information content (AvgIpc) is 3.40. The Morgan fingerprint density at radius 2 is 1.92 bits per heavy atom. The number of sulfonamides is 1. The second kappa shape index (κ2) is 5.73. The minimum atomic E-state index is -3.31. The fourth-order valence-corrected chi connectivity index (χ4v) is 4.07. The maximum Gasteiger partial charge on any atom is 0.232 e. The summed E-state index contributed by atoms with van der Waals surface area (Å²) in [6.45, 7) is 1.66. The number of para-hydroxylation sites is 1. The normalized spacial score (nSPS) is 18.2. The number of fused-ring (bicyclic) bond motifs is 1. The van der Waals surface area contributed by atoms with Crippen molar-refractivity contribution in [1.82, 2.24) is 9.97 Å². The SMILES string of the molecule is CS(=O)(=O)N1CCN(c2ccnc(C3CC3)n2)Cc2ccccc21. The molecule has 0 saturated heterocycles. The zero-order valence-electron chi connectivity index (χ0n) is 13.6. The zero-order chi connectivity index (χ0) is 16.7. The van der Waals surface area contributed by atoms with Crippen LogP contribution in [0.5, 0.6) is 0 Å². The highest BCUT2D eigenvalue weighted by atomic mass is 32.2. The highest BCUT2D eigenvalue weighted by Crippen LogP contribution is 2.38. The summed E-state index contributed by atoms with van der Waals surface area (Å²) in [5.74, 6) is 2.28. The number of rotatable bonds is 3. The Bertz CT molecular complexity index is 864. The highest BCUT2D eigenvalue weighted by molar-refractivity contribution is 7.92. The van der Waals surface area contributed by atoms with E-state index in [0.29, 0.717) is 25.6 Å². The van der Waals surface area contributed by atoms with Crippen LogP contribution in [0.4, 0.5) is 11.5 Å². The number of nitrogens with zero attached hydrogens (tertiary/aromatic N) is 4. The molecule has 1 aromatic heterocycles. The maximum atomic E-state index is 12.2. The predicted molar refractivity (Wildman–Crippen MR) is 93.7 cm³/mol. The zero-order valence-corrected chi connectivity index (χ0v) is 14.4. The van der Waals surface area contributed by atoms with E-state index in [1.54, 1.807) is 6.20 Å². The van der Waals surface area contributed by atoms with Gasteiger partial charge in [0.05, 0.1) is 18.5 Å². The smallest absolute Gasteiger partial charge is 0.232 e. The Morgan fingerprint density at radius 1 is 1.12 bits per heavy atom. The molecule has 2 aliphatic rings. The predicted octanol–water partition coefficient (Wildman–Crippen LogP) is 2.14. The fraction of sp³-hybridized carbons (Fsp3) is 0.412. The summed E-state index contributed by atoms with van der Waals surface area (Å²) >= 11 is 0. The monoisotopic (exact) mass is 344 g/mol. The third-order valence-electron chi connectivity index (χ3n) is 4.52. The number of benzene rings is 1. The molecule has 0 amide bonds. The van der Waals surface area contributed by atoms with Gasteiger partial charge in [0.2, 0.25) is 10.0 Å². The van der Waals surface area contributed by atoms with Gasteiger partial charge in [0.15, 0.2) is 0 Å². The molecule has 1 fully saturated rings. The largest absolute Gasteiger partial charge is 0.350 e. The van der Waals surface area contributed by atoms with Gasteiger partial charge >= 0.3 is 0 Å². The fourth-order valence-electron chi connectivity index (χ4n) is 3.12. The summed E-state index contributed by atoms with van der Waals surface area (Å²) in [6.07, 6.45) is 5.39. The molecule has 6 nitrogen and oxygen atoms in total. The summed E-state index contributed by atoms with van der Waals surface area (Å²) < 4.78 is 25.8. The number of hydrogen-bond acceptors (Lipinski definition) is 5. The minimum absolute atomic E-state index is 0.415. The molecular formula is C17H20N4O2S. The van der Waals surface area contributed by atoms with Gasteiger partial charge in [-0.05, 0) is 30.5 Å². The van der Waals surface area contributed by atoms with Crippen LogP contribution in [0, 0.1) is 0 Å². The molecular weight excluding hydrogens is 324 g/mol. The molecule has 24 heavy (non-hydrogen) atoms. The molecule has 2 heterocycles. The van der Waals surface area contributed by atoms with Gasteiger partial charge in [-0.3, -0.25) is 4.31 Å². The molecule has 0 atom stereocenters. The first-order valence-electron chi connectivity index (χ1n) is 8.16. The van der Waals surface area contributed by atoms with Gasteiger partial charge in [0, 0.05) is 25.2 Å². The molecule has 1 aliphatic heterocycles. The summed E-state index contributed by atoms with van der Waals surface area (Å²) in [5.41, 5.74) is 1.76. The summed E-state index contributed by atoms with van der Waals surface area (Å²) in [6, 6.07) is 9.58. The third-order valence-corrected chi connectivity index (χ3v) is 5.70. The van der Waals surface area contributed by atoms with Crippen molar-refractivity contribution in [1.29, 1.82) is 0 Å². The van der Waals surface area contributed by atoms with E-state index in [-0.39, 0.29) is 0 Å². The van der Waals surface area contributed by atoms with Crippen LogP contribution in [-0.4, -0.2) is 37.7 Å². The van der Waals surface area contributed by atoms with Gasteiger partial charge in [-0.2, -0.15) is 0 Å². The standard InChI is InChI=1S/C17H20N4O2S/c1-24(22,23)21-11-10-20(12-14-4-2-3-5-15(14)21)16-8-9-18-17(19-16)13-6-7-13/h2-5,8-9,13H,6-7,10-12H2,1H3. The van der Waals surface area contributed by atoms with E-state index in [2.05, 4.69) is 9.88 Å². The van der Waals surface area contributed by atoms with E-state index < -0.39 is 10.0 Å². The lowest BCUT2D eigenvalue weighted by molar-refractivity contribution is 0.596. The lowest BCUT2D eigenvalue weighted by Gasteiger charge is -2.23. The molecule has 4 rings (SSSR count). The van der Waals surface area contributed by atoms with E-state index in [1.807, 2.05) is 30.3 Å². The van der Waals surface area contributed by atoms with Crippen LogP contribution in [0.3, 0.4) is 0 Å². The van der Waals surface area contributed by atoms with Gasteiger partial charge in [0.25, 0.3) is 0 Å². The first kappa shape index (κ1) is 15.4. The van der Waals surface area contributed by atoms with Crippen molar-refractivity contribution in [3.05, 3.63) is 47.9 Å². The molecule has 1 saturated carbocycles. The van der Waals surface area contributed by atoms with Crippen molar-refractivity contribution in [2.24, 2.45) is 0 Å². The van der Waals surface area contributed by atoms with Crippen LogP contribution in [0.25, 0.3) is 0 Å². The van der Waals surface area contributed by atoms with Gasteiger partial charge < -0.3 is 4.90 Å². The molecule has 0 radical (unpaired) electrons. The first-order chi connectivity index (χ1) is 11.5. The lowest BCUT2D eigenvalue weighted by atomic mass is 10.1. The molecule has 1 aliphatic carbocycles. The molecule has 0 spiro atoms. The Balaban J connectivity index is 1.70. The summed E-state index contributed by atoms with van der Waals surface area (Å²) in [5, 5.41) is 0. The Labute approximate surface area is 142 Å². The molecule has 126 valence electrons. The summed E-state index contributed by atoms with van der Waals surface area (Å²) in [7, 11) is -3.31. The van der Waals surface area contributed by atoms with Crippen molar-refractivity contribution >= 4 is 21.5 Å². The second-order valence-electron chi connectivity index (χ2n) is 6.43. The second-order valence-corrected chi connectivity index (χ2v) is 8.34. The molecule has 0 unspecified atom stereocenters. The summed E-state index contributed by atoms with van der Waals surface area (Å²) in [4.78, 5) is 11.2. The third kappa shape index (κ3) is 2.96. The van der Waals surface area contributed by atoms with E-state index in [9.17, 15) is 8.42 Å². The van der Waals surface area contributed by atoms with Gasteiger partial charge in [-0.15, -0.1) is 0 Å². The van der Waals surface area contributed by atoms with E-state index in [4.69, 9.17) is 4.98 Å². The maximum absolute atomic E-state index is 12.2. The lowest BCUT2D eigenvalue weighted by Crippen LogP contribution is -2.35.